The molecule has 0 heterocycles. The van der Waals surface area contributed by atoms with Gasteiger partial charge in [-0.3, -0.25) is 4.79 Å². The van der Waals surface area contributed by atoms with Crippen molar-refractivity contribution >= 4 is 5.97 Å². The van der Waals surface area contributed by atoms with E-state index in [2.05, 4.69) is 0 Å². The highest BCUT2D eigenvalue weighted by molar-refractivity contribution is 5.66. The number of benzene rings is 2. The highest BCUT2D eigenvalue weighted by atomic mass is 16.7. The molecule has 0 radical (unpaired) electrons. The minimum atomic E-state index is -0.780. The number of rotatable bonds is 6. The van der Waals surface area contributed by atoms with E-state index in [0.29, 0.717) is 12.4 Å². The van der Waals surface area contributed by atoms with Crippen LogP contribution in [0.5, 0.6) is 11.5 Å². The van der Waals surface area contributed by atoms with Crippen molar-refractivity contribution in [3.8, 4) is 11.5 Å². The molecule has 0 N–H and O–H groups in total. The SMILES string of the molecule is CC(=O)OC1(Oc2ccc(OCc3ccccc3)cc2)CCC1. The lowest BCUT2D eigenvalue weighted by molar-refractivity contribution is -0.223. The topological polar surface area (TPSA) is 44.8 Å². The molecular weight excluding hydrogens is 292 g/mol. The lowest BCUT2D eigenvalue weighted by atomic mass is 9.91. The van der Waals surface area contributed by atoms with Crippen LogP contribution >= 0.6 is 0 Å². The first-order valence-electron chi connectivity index (χ1n) is 7.81. The lowest BCUT2D eigenvalue weighted by Gasteiger charge is -2.40. The fourth-order valence-electron chi connectivity index (χ4n) is 2.51. The van der Waals surface area contributed by atoms with E-state index in [1.807, 2.05) is 54.6 Å². The minimum absolute atomic E-state index is 0.312. The number of carbonyl (C=O) groups is 1. The monoisotopic (exact) mass is 312 g/mol. The molecule has 0 atom stereocenters. The van der Waals surface area contributed by atoms with Crippen molar-refractivity contribution in [1.82, 2.24) is 0 Å². The van der Waals surface area contributed by atoms with Crippen molar-refractivity contribution in [3.05, 3.63) is 60.2 Å². The molecule has 0 bridgehead atoms. The molecule has 1 saturated carbocycles. The molecule has 120 valence electrons. The number of hydrogen-bond acceptors (Lipinski definition) is 4. The van der Waals surface area contributed by atoms with Crippen LogP contribution in [0.1, 0.15) is 31.7 Å². The first-order chi connectivity index (χ1) is 11.2. The van der Waals surface area contributed by atoms with Gasteiger partial charge >= 0.3 is 5.97 Å². The fraction of sp³-hybridized carbons (Fsp3) is 0.316. The zero-order valence-electron chi connectivity index (χ0n) is 13.2. The van der Waals surface area contributed by atoms with Gasteiger partial charge in [-0.2, -0.15) is 0 Å². The minimum Gasteiger partial charge on any atom is -0.489 e. The third-order valence-corrected chi connectivity index (χ3v) is 3.82. The van der Waals surface area contributed by atoms with Crippen LogP contribution in [0, 0.1) is 0 Å². The van der Waals surface area contributed by atoms with Crippen LogP contribution in [0.15, 0.2) is 54.6 Å². The van der Waals surface area contributed by atoms with Gasteiger partial charge in [-0.15, -0.1) is 0 Å². The molecule has 1 fully saturated rings. The Bertz CT molecular complexity index is 645. The van der Waals surface area contributed by atoms with E-state index in [0.717, 1.165) is 30.6 Å². The molecule has 3 rings (SSSR count). The molecule has 0 saturated heterocycles. The summed E-state index contributed by atoms with van der Waals surface area (Å²) in [5.41, 5.74) is 1.12. The number of ether oxygens (including phenoxy) is 3. The third kappa shape index (κ3) is 4.03. The van der Waals surface area contributed by atoms with Gasteiger partial charge in [0.2, 0.25) is 0 Å². The summed E-state index contributed by atoms with van der Waals surface area (Å²) in [7, 11) is 0. The van der Waals surface area contributed by atoms with Crippen molar-refractivity contribution in [3.63, 3.8) is 0 Å². The van der Waals surface area contributed by atoms with E-state index in [4.69, 9.17) is 14.2 Å². The first-order valence-corrected chi connectivity index (χ1v) is 7.81. The Hall–Kier alpha value is -2.49. The van der Waals surface area contributed by atoms with Gasteiger partial charge in [-0.25, -0.2) is 0 Å². The van der Waals surface area contributed by atoms with Gasteiger partial charge in [0.15, 0.2) is 0 Å². The van der Waals surface area contributed by atoms with Crippen molar-refractivity contribution in [2.24, 2.45) is 0 Å². The van der Waals surface area contributed by atoms with Crippen LogP contribution < -0.4 is 9.47 Å². The lowest BCUT2D eigenvalue weighted by Crippen LogP contribution is -2.46. The second kappa shape index (κ2) is 6.73. The van der Waals surface area contributed by atoms with Crippen LogP contribution in [0.25, 0.3) is 0 Å². The molecule has 2 aromatic rings. The summed E-state index contributed by atoms with van der Waals surface area (Å²) < 4.78 is 16.9. The Morgan fingerprint density at radius 3 is 2.22 bits per heavy atom. The van der Waals surface area contributed by atoms with Crippen LogP contribution in [-0.4, -0.2) is 11.8 Å². The summed E-state index contributed by atoms with van der Waals surface area (Å²) in [6, 6.07) is 17.4. The van der Waals surface area contributed by atoms with Crippen LogP contribution in [0.4, 0.5) is 0 Å². The highest BCUT2D eigenvalue weighted by Crippen LogP contribution is 2.38. The number of carbonyl (C=O) groups excluding carboxylic acids is 1. The molecule has 0 aromatic heterocycles. The first kappa shape index (κ1) is 15.4. The van der Waals surface area contributed by atoms with Gasteiger partial charge < -0.3 is 14.2 Å². The van der Waals surface area contributed by atoms with E-state index >= 15 is 0 Å². The second-order valence-electron chi connectivity index (χ2n) is 5.71. The van der Waals surface area contributed by atoms with E-state index in [1.54, 1.807) is 0 Å². The standard InChI is InChI=1S/C19H20O4/c1-15(20)22-19(12-5-13-19)23-18-10-8-17(9-11-18)21-14-16-6-3-2-4-7-16/h2-4,6-11H,5,12-14H2,1H3. The molecule has 2 aromatic carbocycles. The molecule has 0 amide bonds. The van der Waals surface area contributed by atoms with E-state index in [9.17, 15) is 4.79 Å². The number of esters is 1. The molecule has 0 spiro atoms. The Balaban J connectivity index is 1.57. The van der Waals surface area contributed by atoms with Crippen molar-refractivity contribution in [2.75, 3.05) is 0 Å². The van der Waals surface area contributed by atoms with Gasteiger partial charge in [0, 0.05) is 19.8 Å². The summed E-state index contributed by atoms with van der Waals surface area (Å²) in [5.74, 6) is 0.361. The van der Waals surface area contributed by atoms with Crippen molar-refractivity contribution < 1.29 is 19.0 Å². The fourth-order valence-corrected chi connectivity index (χ4v) is 2.51. The number of hydrogen-bond donors (Lipinski definition) is 0. The molecular formula is C19H20O4. The zero-order valence-corrected chi connectivity index (χ0v) is 13.2. The predicted octanol–water partition coefficient (Wildman–Crippen LogP) is 4.09. The van der Waals surface area contributed by atoms with Crippen LogP contribution in [-0.2, 0) is 16.1 Å². The summed E-state index contributed by atoms with van der Waals surface area (Å²) in [6.07, 6.45) is 2.48. The maximum Gasteiger partial charge on any atom is 0.305 e. The van der Waals surface area contributed by atoms with Gasteiger partial charge in [-0.05, 0) is 36.2 Å². The van der Waals surface area contributed by atoms with Crippen LogP contribution in [0.3, 0.4) is 0 Å². The van der Waals surface area contributed by atoms with Gasteiger partial charge in [0.1, 0.15) is 18.1 Å². The van der Waals surface area contributed by atoms with Gasteiger partial charge in [0.25, 0.3) is 5.79 Å². The van der Waals surface area contributed by atoms with Crippen molar-refractivity contribution in [1.29, 1.82) is 0 Å². The van der Waals surface area contributed by atoms with Crippen LogP contribution in [0.2, 0.25) is 0 Å². The molecule has 0 aliphatic heterocycles. The normalized spacial score (nSPS) is 15.3. The smallest absolute Gasteiger partial charge is 0.305 e. The Morgan fingerprint density at radius 2 is 1.65 bits per heavy atom. The van der Waals surface area contributed by atoms with Gasteiger partial charge in [-0.1, -0.05) is 30.3 Å². The average Bonchev–Trinajstić information content (AvgIpc) is 2.53. The molecule has 1 aliphatic rings. The third-order valence-electron chi connectivity index (χ3n) is 3.82. The maximum atomic E-state index is 11.2. The summed E-state index contributed by atoms with van der Waals surface area (Å²) >= 11 is 0. The molecule has 1 aliphatic carbocycles. The van der Waals surface area contributed by atoms with E-state index < -0.39 is 5.79 Å². The summed E-state index contributed by atoms with van der Waals surface area (Å²) in [4.78, 5) is 11.2. The summed E-state index contributed by atoms with van der Waals surface area (Å²) in [6.45, 7) is 1.93. The highest BCUT2D eigenvalue weighted by Gasteiger charge is 2.43. The maximum absolute atomic E-state index is 11.2. The second-order valence-corrected chi connectivity index (χ2v) is 5.71. The summed E-state index contributed by atoms with van der Waals surface area (Å²) in [5, 5.41) is 0. The largest absolute Gasteiger partial charge is 0.489 e. The predicted molar refractivity (Wildman–Crippen MR) is 86.2 cm³/mol. The van der Waals surface area contributed by atoms with E-state index in [1.165, 1.54) is 6.92 Å². The Morgan fingerprint density at radius 1 is 1.00 bits per heavy atom. The Labute approximate surface area is 136 Å². The van der Waals surface area contributed by atoms with Gasteiger partial charge in [0.05, 0.1) is 0 Å². The molecule has 4 heteroatoms. The Kier molecular flexibility index (Phi) is 4.51. The zero-order chi connectivity index (χ0) is 16.1. The van der Waals surface area contributed by atoms with Crippen molar-refractivity contribution in [2.45, 2.75) is 38.6 Å². The molecule has 4 nitrogen and oxygen atoms in total. The van der Waals surface area contributed by atoms with E-state index in [-0.39, 0.29) is 5.97 Å². The molecule has 0 unspecified atom stereocenters. The molecule has 23 heavy (non-hydrogen) atoms. The quantitative estimate of drug-likeness (QED) is 0.595. The average molecular weight is 312 g/mol.